The van der Waals surface area contributed by atoms with Gasteiger partial charge in [0.1, 0.15) is 24.4 Å². The van der Waals surface area contributed by atoms with Crippen LogP contribution in [0.5, 0.6) is 0 Å². The molecule has 0 aromatic rings. The summed E-state index contributed by atoms with van der Waals surface area (Å²) >= 11 is 0. The van der Waals surface area contributed by atoms with Crippen LogP contribution in [-0.4, -0.2) is 99.6 Å². The average molecular weight is 1190 g/mol. The maximum atomic E-state index is 13.5. The molecular formula is C74H131NO10. The number of allylic oxidation sites excluding steroid dienone is 13. The van der Waals surface area contributed by atoms with Crippen molar-refractivity contribution in [3.8, 4) is 0 Å². The van der Waals surface area contributed by atoms with E-state index in [1.54, 1.807) is 6.08 Å². The molecule has 0 saturated carbocycles. The second kappa shape index (κ2) is 61.1. The van der Waals surface area contributed by atoms with Crippen LogP contribution in [0.2, 0.25) is 0 Å². The molecule has 0 aliphatic carbocycles. The van der Waals surface area contributed by atoms with E-state index in [1.807, 2.05) is 6.08 Å². The number of carbonyl (C=O) groups excluding carboxylic acids is 2. The molecule has 1 aliphatic heterocycles. The van der Waals surface area contributed by atoms with E-state index in [0.717, 1.165) is 109 Å². The largest absolute Gasteiger partial charge is 0.454 e. The van der Waals surface area contributed by atoms with Crippen LogP contribution in [-0.2, 0) is 23.8 Å². The van der Waals surface area contributed by atoms with Crippen LogP contribution in [0.3, 0.4) is 0 Å². The van der Waals surface area contributed by atoms with Crippen molar-refractivity contribution < 1.29 is 49.3 Å². The van der Waals surface area contributed by atoms with E-state index >= 15 is 0 Å². The zero-order chi connectivity index (χ0) is 61.7. The third-order valence-corrected chi connectivity index (χ3v) is 16.3. The van der Waals surface area contributed by atoms with Gasteiger partial charge in [0.25, 0.3) is 0 Å². The lowest BCUT2D eigenvalue weighted by molar-refractivity contribution is -0.305. The SMILES string of the molecule is CC/C=C\C/C=C\C/C=C\C/C=C\C/C=C\CCCCCCCCC(O)C(=O)NC(COC1OC(CO)C(O)C(O)C1OC(=O)CCCCCCCCCCCCC/C=C/CCCCCCCC)C(O)/C=C/CCCCCCCCCCCCC. The topological polar surface area (TPSA) is 175 Å². The van der Waals surface area contributed by atoms with Gasteiger partial charge in [-0.1, -0.05) is 292 Å². The molecule has 1 saturated heterocycles. The van der Waals surface area contributed by atoms with Crippen molar-refractivity contribution in [2.24, 2.45) is 0 Å². The van der Waals surface area contributed by atoms with Crippen molar-refractivity contribution in [3.63, 3.8) is 0 Å². The maximum Gasteiger partial charge on any atom is 0.306 e. The average Bonchev–Trinajstić information content (AvgIpc) is 3.19. The highest BCUT2D eigenvalue weighted by atomic mass is 16.7. The van der Waals surface area contributed by atoms with E-state index in [-0.39, 0.29) is 19.4 Å². The van der Waals surface area contributed by atoms with Gasteiger partial charge >= 0.3 is 5.97 Å². The van der Waals surface area contributed by atoms with Crippen molar-refractivity contribution in [3.05, 3.63) is 85.1 Å². The Labute approximate surface area is 521 Å². The minimum absolute atomic E-state index is 0.120. The number of amides is 1. The van der Waals surface area contributed by atoms with Gasteiger partial charge in [0.15, 0.2) is 12.4 Å². The van der Waals surface area contributed by atoms with Gasteiger partial charge in [-0.3, -0.25) is 9.59 Å². The smallest absolute Gasteiger partial charge is 0.306 e. The van der Waals surface area contributed by atoms with E-state index in [9.17, 15) is 35.1 Å². The zero-order valence-electron chi connectivity index (χ0n) is 54.7. The molecule has 492 valence electrons. The molecule has 0 bridgehead atoms. The Hall–Kier alpha value is -3.16. The monoisotopic (exact) mass is 1190 g/mol. The first-order valence-corrected chi connectivity index (χ1v) is 35.4. The summed E-state index contributed by atoms with van der Waals surface area (Å²) in [7, 11) is 0. The summed E-state index contributed by atoms with van der Waals surface area (Å²) in [6.07, 6.45) is 70.4. The van der Waals surface area contributed by atoms with E-state index in [4.69, 9.17) is 14.2 Å². The van der Waals surface area contributed by atoms with Crippen LogP contribution in [0.1, 0.15) is 310 Å². The number of aliphatic hydroxyl groups is 5. The highest BCUT2D eigenvalue weighted by Crippen LogP contribution is 2.26. The fraction of sp³-hybridized carbons (Fsp3) is 0.784. The standard InChI is InChI=1S/C74H131NO10/c1-4-7-10-13-16-19-22-25-27-29-31-33-35-36-38-40-43-46-49-52-55-58-61-67(78)73(82)75-65(66(77)60-57-54-51-48-45-42-24-21-18-15-12-9-6-3)64-83-74-72(71(81)70(80)68(63-76)84-74)85-69(79)62-59-56-53-50-47-44-41-39-37-34-32-30-28-26-23-20-17-14-11-8-5-2/h7,10,16,19,25-28,31,33,36,38,57,60,65-68,70-72,74,76-78,80-81H,4-6,8-9,11-15,17-18,20-24,29-30,32,34-35,37,39-56,58-59,61-64H2,1-3H3,(H,75,82)/b10-7-,19-16-,27-25-,28-26+,33-31-,38-36-,60-57+. The summed E-state index contributed by atoms with van der Waals surface area (Å²) < 4.78 is 17.7. The fourth-order valence-electron chi connectivity index (χ4n) is 10.7. The predicted octanol–water partition coefficient (Wildman–Crippen LogP) is 18.1. The molecule has 8 atom stereocenters. The first kappa shape index (κ1) is 79.9. The summed E-state index contributed by atoms with van der Waals surface area (Å²) in [5, 5.41) is 57.3. The number of unbranched alkanes of at least 4 members (excludes halogenated alkanes) is 34. The lowest BCUT2D eigenvalue weighted by Gasteiger charge is -2.41. The van der Waals surface area contributed by atoms with Gasteiger partial charge in [0, 0.05) is 6.42 Å². The summed E-state index contributed by atoms with van der Waals surface area (Å²) in [6, 6.07) is -1.04. The number of esters is 1. The molecule has 1 rings (SSSR count). The van der Waals surface area contributed by atoms with Crippen LogP contribution in [0.15, 0.2) is 85.1 Å². The molecule has 6 N–H and O–H groups in total. The van der Waals surface area contributed by atoms with E-state index in [0.29, 0.717) is 12.8 Å². The number of aliphatic hydroxyl groups excluding tert-OH is 5. The molecule has 85 heavy (non-hydrogen) atoms. The van der Waals surface area contributed by atoms with E-state index < -0.39 is 67.4 Å². The number of carbonyl (C=O) groups is 2. The second-order valence-electron chi connectivity index (χ2n) is 24.2. The van der Waals surface area contributed by atoms with Gasteiger partial charge in [-0.05, 0) is 96.3 Å². The van der Waals surface area contributed by atoms with Crippen LogP contribution < -0.4 is 5.32 Å². The minimum Gasteiger partial charge on any atom is -0.454 e. The molecule has 0 aromatic heterocycles. The quantitative estimate of drug-likeness (QED) is 0.0195. The lowest BCUT2D eigenvalue weighted by Crippen LogP contribution is -2.61. The first-order valence-electron chi connectivity index (χ1n) is 35.4. The van der Waals surface area contributed by atoms with Crippen molar-refractivity contribution in [1.82, 2.24) is 5.32 Å². The van der Waals surface area contributed by atoms with Gasteiger partial charge < -0.3 is 45.1 Å². The Morgan fingerprint density at radius 1 is 0.471 bits per heavy atom. The van der Waals surface area contributed by atoms with Crippen LogP contribution in [0.4, 0.5) is 0 Å². The highest BCUT2D eigenvalue weighted by Gasteiger charge is 2.47. The Morgan fingerprint density at radius 2 is 0.847 bits per heavy atom. The first-order chi connectivity index (χ1) is 41.7. The summed E-state index contributed by atoms with van der Waals surface area (Å²) in [6.45, 7) is 5.70. The molecule has 1 aliphatic rings. The van der Waals surface area contributed by atoms with Crippen molar-refractivity contribution >= 4 is 11.9 Å². The number of nitrogens with one attached hydrogen (secondary N) is 1. The summed E-state index contributed by atoms with van der Waals surface area (Å²) in [5.74, 6) is -1.20. The number of hydrogen-bond donors (Lipinski definition) is 6. The Bertz CT molecular complexity index is 1710. The van der Waals surface area contributed by atoms with Gasteiger partial charge in [-0.15, -0.1) is 0 Å². The molecule has 11 nitrogen and oxygen atoms in total. The van der Waals surface area contributed by atoms with Gasteiger partial charge in [-0.2, -0.15) is 0 Å². The lowest BCUT2D eigenvalue weighted by atomic mass is 9.99. The Kier molecular flexibility index (Phi) is 57.4. The molecule has 0 spiro atoms. The van der Waals surface area contributed by atoms with Gasteiger partial charge in [0.05, 0.1) is 25.4 Å². The van der Waals surface area contributed by atoms with Crippen molar-refractivity contribution in [2.75, 3.05) is 13.2 Å². The van der Waals surface area contributed by atoms with Crippen LogP contribution >= 0.6 is 0 Å². The molecule has 0 aromatic carbocycles. The molecule has 11 heteroatoms. The van der Waals surface area contributed by atoms with Crippen LogP contribution in [0.25, 0.3) is 0 Å². The number of hydrogen-bond acceptors (Lipinski definition) is 10. The molecule has 1 fully saturated rings. The van der Waals surface area contributed by atoms with E-state index in [1.165, 1.54) is 154 Å². The fourth-order valence-corrected chi connectivity index (χ4v) is 10.7. The number of ether oxygens (including phenoxy) is 3. The summed E-state index contributed by atoms with van der Waals surface area (Å²) in [4.78, 5) is 26.7. The van der Waals surface area contributed by atoms with Crippen molar-refractivity contribution in [2.45, 2.75) is 359 Å². The summed E-state index contributed by atoms with van der Waals surface area (Å²) in [5.41, 5.74) is 0. The molecular weight excluding hydrogens is 1060 g/mol. The van der Waals surface area contributed by atoms with Crippen molar-refractivity contribution in [1.29, 1.82) is 0 Å². The number of rotatable bonds is 60. The normalized spacial score (nSPS) is 18.9. The van der Waals surface area contributed by atoms with E-state index in [2.05, 4.69) is 99.0 Å². The Balaban J connectivity index is 2.62. The molecule has 1 amide bonds. The Morgan fingerprint density at radius 3 is 1.28 bits per heavy atom. The third-order valence-electron chi connectivity index (χ3n) is 16.3. The second-order valence-corrected chi connectivity index (χ2v) is 24.2. The molecule has 1 heterocycles. The predicted molar refractivity (Wildman–Crippen MR) is 356 cm³/mol. The maximum absolute atomic E-state index is 13.5. The minimum atomic E-state index is -1.62. The zero-order valence-corrected chi connectivity index (χ0v) is 54.7. The van der Waals surface area contributed by atoms with Crippen LogP contribution in [0, 0.1) is 0 Å². The molecule has 8 unspecified atom stereocenters. The molecule has 0 radical (unpaired) electrons. The third kappa shape index (κ3) is 48.4. The van der Waals surface area contributed by atoms with Gasteiger partial charge in [0.2, 0.25) is 5.91 Å². The van der Waals surface area contributed by atoms with Gasteiger partial charge in [-0.25, -0.2) is 0 Å². The highest BCUT2D eigenvalue weighted by molar-refractivity contribution is 5.80.